The topological polar surface area (TPSA) is 38.0 Å². The molecule has 0 spiro atoms. The standard InChI is InChI=1S/C17H17ClN2O/c1-2-20-17(15(18)11-19-20)16(21)10-12-7-8-13-5-3-4-6-14(13)9-12/h3-9,11,16,21H,2,10H2,1H3. The maximum atomic E-state index is 10.5. The highest BCUT2D eigenvalue weighted by molar-refractivity contribution is 6.31. The first-order chi connectivity index (χ1) is 10.2. The number of hydrogen-bond donors (Lipinski definition) is 1. The molecule has 21 heavy (non-hydrogen) atoms. The van der Waals surface area contributed by atoms with Gasteiger partial charge in [0, 0.05) is 13.0 Å². The minimum absolute atomic E-state index is 0.519. The summed E-state index contributed by atoms with van der Waals surface area (Å²) in [7, 11) is 0. The molecule has 0 bridgehead atoms. The van der Waals surface area contributed by atoms with Gasteiger partial charge in [0.1, 0.15) is 6.10 Å². The molecule has 0 fully saturated rings. The summed E-state index contributed by atoms with van der Waals surface area (Å²) in [5, 5.41) is 17.6. The Morgan fingerprint density at radius 1 is 1.19 bits per heavy atom. The van der Waals surface area contributed by atoms with Gasteiger partial charge < -0.3 is 5.11 Å². The third-order valence-electron chi connectivity index (χ3n) is 3.69. The van der Waals surface area contributed by atoms with E-state index in [-0.39, 0.29) is 0 Å². The zero-order chi connectivity index (χ0) is 14.8. The zero-order valence-electron chi connectivity index (χ0n) is 11.8. The molecule has 0 radical (unpaired) electrons. The van der Waals surface area contributed by atoms with Crippen molar-refractivity contribution in [3.05, 3.63) is 64.9 Å². The lowest BCUT2D eigenvalue weighted by atomic mass is 10.0. The number of hydrogen-bond acceptors (Lipinski definition) is 2. The second kappa shape index (κ2) is 5.88. The Labute approximate surface area is 128 Å². The first-order valence-corrected chi connectivity index (χ1v) is 7.43. The molecule has 0 aliphatic carbocycles. The predicted molar refractivity (Wildman–Crippen MR) is 85.5 cm³/mol. The molecule has 1 heterocycles. The minimum Gasteiger partial charge on any atom is -0.386 e. The van der Waals surface area contributed by atoms with Crippen molar-refractivity contribution < 1.29 is 5.11 Å². The summed E-state index contributed by atoms with van der Waals surface area (Å²) in [6.45, 7) is 2.67. The Morgan fingerprint density at radius 3 is 2.71 bits per heavy atom. The first-order valence-electron chi connectivity index (χ1n) is 7.06. The lowest BCUT2D eigenvalue weighted by Crippen LogP contribution is -2.10. The SMILES string of the molecule is CCn1ncc(Cl)c1C(O)Cc1ccc2ccccc2c1. The molecule has 108 valence electrons. The van der Waals surface area contributed by atoms with Crippen LogP contribution >= 0.6 is 11.6 Å². The van der Waals surface area contributed by atoms with Crippen molar-refractivity contribution in [2.75, 3.05) is 0 Å². The van der Waals surface area contributed by atoms with E-state index >= 15 is 0 Å². The van der Waals surface area contributed by atoms with Crippen LogP contribution < -0.4 is 0 Å². The predicted octanol–water partition coefficient (Wildman–Crippen LogP) is 3.99. The molecule has 1 atom stereocenters. The Morgan fingerprint density at radius 2 is 1.95 bits per heavy atom. The number of fused-ring (bicyclic) bond motifs is 1. The molecule has 0 aliphatic rings. The number of benzene rings is 2. The number of aryl methyl sites for hydroxylation is 1. The average molecular weight is 301 g/mol. The van der Waals surface area contributed by atoms with Gasteiger partial charge in [-0.1, -0.05) is 54.1 Å². The van der Waals surface area contributed by atoms with Gasteiger partial charge in [-0.3, -0.25) is 4.68 Å². The van der Waals surface area contributed by atoms with E-state index in [1.165, 1.54) is 10.8 Å². The fraction of sp³-hybridized carbons (Fsp3) is 0.235. The third-order valence-corrected chi connectivity index (χ3v) is 3.98. The Balaban J connectivity index is 1.88. The summed E-state index contributed by atoms with van der Waals surface area (Å²) in [5.41, 5.74) is 1.77. The van der Waals surface area contributed by atoms with Crippen molar-refractivity contribution in [3.8, 4) is 0 Å². The number of aliphatic hydroxyl groups is 1. The molecule has 1 unspecified atom stereocenters. The highest BCUT2D eigenvalue weighted by Gasteiger charge is 2.18. The smallest absolute Gasteiger partial charge is 0.101 e. The van der Waals surface area contributed by atoms with Crippen LogP contribution in [0.25, 0.3) is 10.8 Å². The monoisotopic (exact) mass is 300 g/mol. The van der Waals surface area contributed by atoms with E-state index in [4.69, 9.17) is 11.6 Å². The number of aromatic nitrogens is 2. The van der Waals surface area contributed by atoms with E-state index in [0.717, 1.165) is 5.56 Å². The molecule has 0 saturated heterocycles. The van der Waals surface area contributed by atoms with Crippen LogP contribution in [0.4, 0.5) is 0 Å². The van der Waals surface area contributed by atoms with E-state index in [9.17, 15) is 5.11 Å². The van der Waals surface area contributed by atoms with Crippen molar-refractivity contribution in [1.82, 2.24) is 9.78 Å². The lowest BCUT2D eigenvalue weighted by molar-refractivity contribution is 0.167. The van der Waals surface area contributed by atoms with Gasteiger partial charge in [0.25, 0.3) is 0 Å². The zero-order valence-corrected chi connectivity index (χ0v) is 12.6. The maximum Gasteiger partial charge on any atom is 0.101 e. The van der Waals surface area contributed by atoms with E-state index in [2.05, 4.69) is 29.4 Å². The third kappa shape index (κ3) is 2.80. The van der Waals surface area contributed by atoms with Crippen LogP contribution in [0.1, 0.15) is 24.3 Å². The summed E-state index contributed by atoms with van der Waals surface area (Å²) in [6.07, 6.45) is 1.46. The van der Waals surface area contributed by atoms with Gasteiger partial charge in [-0.05, 0) is 23.3 Å². The van der Waals surface area contributed by atoms with Crippen molar-refractivity contribution in [3.63, 3.8) is 0 Å². The van der Waals surface area contributed by atoms with Crippen LogP contribution in [-0.2, 0) is 13.0 Å². The summed E-state index contributed by atoms with van der Waals surface area (Å²) >= 11 is 6.14. The molecule has 0 aliphatic heterocycles. The fourth-order valence-corrected chi connectivity index (χ4v) is 2.91. The number of halogens is 1. The molecule has 3 aromatic rings. The van der Waals surface area contributed by atoms with E-state index < -0.39 is 6.10 Å². The summed E-state index contributed by atoms with van der Waals surface area (Å²) in [6, 6.07) is 14.4. The van der Waals surface area contributed by atoms with Gasteiger partial charge in [-0.15, -0.1) is 0 Å². The second-order valence-corrected chi connectivity index (χ2v) is 5.50. The van der Waals surface area contributed by atoms with Crippen molar-refractivity contribution in [1.29, 1.82) is 0 Å². The van der Waals surface area contributed by atoms with Gasteiger partial charge >= 0.3 is 0 Å². The number of rotatable bonds is 4. The quantitative estimate of drug-likeness (QED) is 0.791. The molecule has 1 N–H and O–H groups in total. The molecule has 2 aromatic carbocycles. The molecule has 4 heteroatoms. The molecule has 3 rings (SSSR count). The number of aliphatic hydroxyl groups excluding tert-OH is 1. The van der Waals surface area contributed by atoms with E-state index in [0.29, 0.717) is 23.7 Å². The number of nitrogens with zero attached hydrogens (tertiary/aromatic N) is 2. The Hall–Kier alpha value is -1.84. The molecule has 1 aromatic heterocycles. The van der Waals surface area contributed by atoms with Gasteiger partial charge in [-0.2, -0.15) is 5.10 Å². The Kier molecular flexibility index (Phi) is 3.95. The maximum absolute atomic E-state index is 10.5. The molecule has 0 saturated carbocycles. The van der Waals surface area contributed by atoms with E-state index in [1.807, 2.05) is 25.1 Å². The van der Waals surface area contributed by atoms with Gasteiger partial charge in [0.15, 0.2) is 0 Å². The molecule has 0 amide bonds. The highest BCUT2D eigenvalue weighted by atomic mass is 35.5. The van der Waals surface area contributed by atoms with Crippen molar-refractivity contribution >= 4 is 22.4 Å². The largest absolute Gasteiger partial charge is 0.386 e. The summed E-state index contributed by atoms with van der Waals surface area (Å²) in [5.74, 6) is 0. The fourth-order valence-electron chi connectivity index (χ4n) is 2.64. The van der Waals surface area contributed by atoms with Crippen molar-refractivity contribution in [2.24, 2.45) is 0 Å². The molecule has 3 nitrogen and oxygen atoms in total. The van der Waals surface area contributed by atoms with Gasteiger partial charge in [-0.25, -0.2) is 0 Å². The molecular weight excluding hydrogens is 284 g/mol. The van der Waals surface area contributed by atoms with Gasteiger partial charge in [0.2, 0.25) is 0 Å². The van der Waals surface area contributed by atoms with Crippen LogP contribution in [0, 0.1) is 0 Å². The average Bonchev–Trinajstić information content (AvgIpc) is 2.88. The van der Waals surface area contributed by atoms with Crippen LogP contribution in [0.15, 0.2) is 48.7 Å². The summed E-state index contributed by atoms with van der Waals surface area (Å²) in [4.78, 5) is 0. The lowest BCUT2D eigenvalue weighted by Gasteiger charge is -2.13. The minimum atomic E-state index is -0.652. The van der Waals surface area contributed by atoms with Crippen LogP contribution in [0.3, 0.4) is 0 Å². The van der Waals surface area contributed by atoms with Crippen LogP contribution in [0.2, 0.25) is 5.02 Å². The normalized spacial score (nSPS) is 12.7. The van der Waals surface area contributed by atoms with Crippen molar-refractivity contribution in [2.45, 2.75) is 26.0 Å². The van der Waals surface area contributed by atoms with Crippen LogP contribution in [0.5, 0.6) is 0 Å². The highest BCUT2D eigenvalue weighted by Crippen LogP contribution is 2.26. The summed E-state index contributed by atoms with van der Waals surface area (Å²) < 4.78 is 1.74. The van der Waals surface area contributed by atoms with Gasteiger partial charge in [0.05, 0.1) is 16.9 Å². The first kappa shape index (κ1) is 14.1. The Bertz CT molecular complexity index is 766. The van der Waals surface area contributed by atoms with E-state index in [1.54, 1.807) is 10.9 Å². The molecular formula is C17H17ClN2O. The van der Waals surface area contributed by atoms with Crippen LogP contribution in [-0.4, -0.2) is 14.9 Å². The second-order valence-electron chi connectivity index (χ2n) is 5.09.